The molecule has 8 heteroatoms. The maximum Gasteiger partial charge on any atom is 0.300 e. The maximum atomic E-state index is 13.5. The number of rotatable bonds is 6. The van der Waals surface area contributed by atoms with Crippen LogP contribution in [0.5, 0.6) is 0 Å². The van der Waals surface area contributed by atoms with Gasteiger partial charge in [0.05, 0.1) is 5.69 Å². The number of halogens is 1. The van der Waals surface area contributed by atoms with Crippen LogP contribution in [0, 0.1) is 25.6 Å². The van der Waals surface area contributed by atoms with Gasteiger partial charge in [0.2, 0.25) is 11.6 Å². The van der Waals surface area contributed by atoms with E-state index in [0.29, 0.717) is 24.4 Å². The Hall–Kier alpha value is -3.81. The number of nitrogens with one attached hydrogen (secondary N) is 1. The minimum Gasteiger partial charge on any atom is -0.326 e. The molecule has 2 aromatic carbocycles. The van der Waals surface area contributed by atoms with E-state index in [9.17, 15) is 14.0 Å². The lowest BCUT2D eigenvalue weighted by Gasteiger charge is -2.12. The molecule has 2 aromatic heterocycles. The molecule has 0 radical (unpaired) electrons. The van der Waals surface area contributed by atoms with Crippen molar-refractivity contribution >= 4 is 17.2 Å². The van der Waals surface area contributed by atoms with Gasteiger partial charge in [-0.05, 0) is 61.2 Å². The van der Waals surface area contributed by atoms with Crippen LogP contribution in [0.1, 0.15) is 30.3 Å². The molecule has 1 N–H and O–H groups in total. The Morgan fingerprint density at radius 3 is 2.56 bits per heavy atom. The predicted molar refractivity (Wildman–Crippen MR) is 121 cm³/mol. The number of carbonyl (C=O) groups excluding carboxylic acids is 1. The molecule has 2 heterocycles. The molecule has 32 heavy (non-hydrogen) atoms. The molecule has 0 fully saturated rings. The summed E-state index contributed by atoms with van der Waals surface area (Å²) in [7, 11) is 0. The van der Waals surface area contributed by atoms with Crippen LogP contribution >= 0.6 is 0 Å². The highest BCUT2D eigenvalue weighted by molar-refractivity contribution is 5.91. The third-order valence-electron chi connectivity index (χ3n) is 5.20. The second-order valence-electron chi connectivity index (χ2n) is 8.20. The molecule has 0 aliphatic heterocycles. The summed E-state index contributed by atoms with van der Waals surface area (Å²) in [5.41, 5.74) is 3.14. The zero-order chi connectivity index (χ0) is 22.8. The summed E-state index contributed by atoms with van der Waals surface area (Å²) < 4.78 is 16.5. The number of hydrogen-bond donors (Lipinski definition) is 1. The van der Waals surface area contributed by atoms with Crippen molar-refractivity contribution in [3.63, 3.8) is 0 Å². The first-order chi connectivity index (χ1) is 15.3. The molecule has 0 aliphatic carbocycles. The van der Waals surface area contributed by atoms with Crippen molar-refractivity contribution in [3.05, 3.63) is 88.0 Å². The van der Waals surface area contributed by atoms with Crippen LogP contribution in [0.4, 0.5) is 10.1 Å². The van der Waals surface area contributed by atoms with Gasteiger partial charge in [-0.15, -0.1) is 10.2 Å². The fraction of sp³-hybridized carbons (Fsp3) is 0.250. The normalized spacial score (nSPS) is 12.1. The fourth-order valence-electron chi connectivity index (χ4n) is 3.86. The van der Waals surface area contributed by atoms with Gasteiger partial charge in [-0.2, -0.15) is 0 Å². The van der Waals surface area contributed by atoms with Crippen molar-refractivity contribution in [2.24, 2.45) is 5.92 Å². The Labute approximate surface area is 184 Å². The minimum atomic E-state index is -0.427. The van der Waals surface area contributed by atoms with E-state index in [1.54, 1.807) is 28.9 Å². The van der Waals surface area contributed by atoms with Gasteiger partial charge in [0.1, 0.15) is 11.6 Å². The van der Waals surface area contributed by atoms with Crippen molar-refractivity contribution in [1.29, 1.82) is 0 Å². The van der Waals surface area contributed by atoms with Gasteiger partial charge in [-0.3, -0.25) is 18.6 Å². The van der Waals surface area contributed by atoms with E-state index in [1.165, 1.54) is 16.7 Å². The second-order valence-corrected chi connectivity index (χ2v) is 8.20. The number of nitrogens with zero attached hydrogens (tertiary/aromatic N) is 4. The van der Waals surface area contributed by atoms with Crippen LogP contribution in [0.15, 0.2) is 59.7 Å². The number of amides is 1. The first-order valence-electron chi connectivity index (χ1n) is 10.4. The molecule has 0 bridgehead atoms. The van der Waals surface area contributed by atoms with Gasteiger partial charge in [0.15, 0.2) is 0 Å². The number of aromatic nitrogens is 4. The Balaban J connectivity index is 1.48. The zero-order valence-electron chi connectivity index (χ0n) is 18.2. The Kier molecular flexibility index (Phi) is 5.85. The van der Waals surface area contributed by atoms with Gasteiger partial charge >= 0.3 is 5.56 Å². The minimum absolute atomic E-state index is 0.0149. The van der Waals surface area contributed by atoms with Crippen molar-refractivity contribution in [2.45, 2.75) is 33.6 Å². The summed E-state index contributed by atoms with van der Waals surface area (Å²) in [6.07, 6.45) is 4.03. The molecule has 164 valence electrons. The largest absolute Gasteiger partial charge is 0.326 e. The Morgan fingerprint density at radius 1 is 1.09 bits per heavy atom. The van der Waals surface area contributed by atoms with E-state index in [-0.39, 0.29) is 17.5 Å². The predicted octanol–water partition coefficient (Wildman–Crippen LogP) is 3.84. The van der Waals surface area contributed by atoms with Crippen LogP contribution < -0.4 is 10.9 Å². The Bertz CT molecular complexity index is 1340. The van der Waals surface area contributed by atoms with E-state index in [2.05, 4.69) is 21.6 Å². The van der Waals surface area contributed by atoms with Crippen LogP contribution in [0.3, 0.4) is 0 Å². The summed E-state index contributed by atoms with van der Waals surface area (Å²) in [4.78, 5) is 25.3. The molecular formula is C24H24FN5O2. The third-order valence-corrected chi connectivity index (χ3v) is 5.20. The van der Waals surface area contributed by atoms with Crippen molar-refractivity contribution in [1.82, 2.24) is 19.2 Å². The lowest BCUT2D eigenvalue weighted by molar-refractivity contribution is -0.116. The number of carbonyl (C=O) groups is 1. The maximum absolute atomic E-state index is 13.5. The summed E-state index contributed by atoms with van der Waals surface area (Å²) >= 11 is 0. The Morgan fingerprint density at radius 2 is 1.84 bits per heavy atom. The topological polar surface area (TPSA) is 81.3 Å². The van der Waals surface area contributed by atoms with E-state index >= 15 is 0 Å². The van der Waals surface area contributed by atoms with Crippen molar-refractivity contribution in [2.75, 3.05) is 5.32 Å². The number of anilines is 1. The van der Waals surface area contributed by atoms with Crippen LogP contribution in [0.2, 0.25) is 0 Å². The lowest BCUT2D eigenvalue weighted by Crippen LogP contribution is -2.21. The van der Waals surface area contributed by atoms with E-state index in [1.807, 2.05) is 32.9 Å². The highest BCUT2D eigenvalue weighted by Crippen LogP contribution is 2.17. The lowest BCUT2D eigenvalue weighted by atomic mass is 10.0. The first kappa shape index (κ1) is 21.4. The van der Waals surface area contributed by atoms with Crippen molar-refractivity contribution < 1.29 is 9.18 Å². The molecule has 1 atom stereocenters. The van der Waals surface area contributed by atoms with Crippen LogP contribution in [-0.2, 0) is 11.2 Å². The van der Waals surface area contributed by atoms with E-state index in [0.717, 1.165) is 16.8 Å². The van der Waals surface area contributed by atoms with E-state index in [4.69, 9.17) is 0 Å². The van der Waals surface area contributed by atoms with Gasteiger partial charge in [0.25, 0.3) is 0 Å². The molecule has 4 aromatic rings. The quantitative estimate of drug-likeness (QED) is 0.501. The molecule has 1 unspecified atom stereocenters. The molecule has 0 spiro atoms. The van der Waals surface area contributed by atoms with Gasteiger partial charge in [-0.1, -0.05) is 19.1 Å². The average Bonchev–Trinajstić information content (AvgIpc) is 3.10. The summed E-state index contributed by atoms with van der Waals surface area (Å²) in [6.45, 7) is 5.93. The number of benzene rings is 2. The molecule has 0 aliphatic rings. The van der Waals surface area contributed by atoms with Crippen molar-refractivity contribution in [3.8, 4) is 5.69 Å². The number of hydrogen-bond acceptors (Lipinski definition) is 4. The first-order valence-corrected chi connectivity index (χ1v) is 10.4. The highest BCUT2D eigenvalue weighted by Gasteiger charge is 2.16. The monoisotopic (exact) mass is 433 g/mol. The third kappa shape index (κ3) is 4.59. The highest BCUT2D eigenvalue weighted by atomic mass is 19.1. The fourth-order valence-corrected chi connectivity index (χ4v) is 3.86. The molecule has 1 amide bonds. The molecule has 0 saturated heterocycles. The van der Waals surface area contributed by atoms with Gasteiger partial charge < -0.3 is 5.32 Å². The molecular weight excluding hydrogens is 409 g/mol. The summed E-state index contributed by atoms with van der Waals surface area (Å²) in [6, 6.07) is 11.7. The second kappa shape index (κ2) is 8.74. The standard InChI is InChI=1S/C24H24FN5O2/c1-15-9-16(2)11-19(10-15)26-22(31)13-17(3)12-21-27-28-23-24(32)29(7-8-30(21)23)20-6-4-5-18(25)14-20/h4-11,14,17H,12-13H2,1-3H3,(H,26,31). The molecule has 4 rings (SSSR count). The number of aryl methyl sites for hydroxylation is 2. The number of fused-ring (bicyclic) bond motifs is 1. The summed E-state index contributed by atoms with van der Waals surface area (Å²) in [5, 5.41) is 11.1. The van der Waals surface area contributed by atoms with Gasteiger partial charge in [0, 0.05) is 30.9 Å². The van der Waals surface area contributed by atoms with Crippen LogP contribution in [0.25, 0.3) is 11.3 Å². The molecule has 0 saturated carbocycles. The van der Waals surface area contributed by atoms with E-state index < -0.39 is 11.4 Å². The van der Waals surface area contributed by atoms with Crippen LogP contribution in [-0.4, -0.2) is 25.1 Å². The smallest absolute Gasteiger partial charge is 0.300 e. The SMILES string of the molecule is Cc1cc(C)cc(NC(=O)CC(C)Cc2nnc3c(=O)n(-c4cccc(F)c4)ccn23)c1. The zero-order valence-corrected chi connectivity index (χ0v) is 18.2. The summed E-state index contributed by atoms with van der Waals surface area (Å²) in [5.74, 6) is 0.0725. The molecule has 7 nitrogen and oxygen atoms in total. The average molecular weight is 433 g/mol. The van der Waals surface area contributed by atoms with Gasteiger partial charge in [-0.25, -0.2) is 4.39 Å².